The van der Waals surface area contributed by atoms with Gasteiger partial charge in [0.05, 0.1) is 4.47 Å². The number of nitrogens with one attached hydrogen (secondary N) is 1. The van der Waals surface area contributed by atoms with E-state index in [1.807, 2.05) is 74.5 Å². The van der Waals surface area contributed by atoms with Gasteiger partial charge in [-0.15, -0.1) is 0 Å². The first-order chi connectivity index (χ1) is 16.9. The van der Waals surface area contributed by atoms with E-state index in [0.29, 0.717) is 21.7 Å². The van der Waals surface area contributed by atoms with Crippen molar-refractivity contribution >= 4 is 39.3 Å². The van der Waals surface area contributed by atoms with Gasteiger partial charge in [-0.2, -0.15) is 0 Å². The number of carbonyl (C=O) groups is 2. The van der Waals surface area contributed by atoms with Crippen LogP contribution in [0.15, 0.2) is 83.3 Å². The minimum absolute atomic E-state index is 0.00396. The Morgan fingerprint density at radius 3 is 2.23 bits per heavy atom. The van der Waals surface area contributed by atoms with E-state index in [1.54, 1.807) is 23.1 Å². The number of ether oxygens (including phenoxy) is 1. The molecule has 0 fully saturated rings. The zero-order chi connectivity index (χ0) is 25.2. The summed E-state index contributed by atoms with van der Waals surface area (Å²) in [5.41, 5.74) is 1.91. The molecule has 0 radical (unpaired) electrons. The van der Waals surface area contributed by atoms with Crippen molar-refractivity contribution in [2.45, 2.75) is 45.3 Å². The number of benzene rings is 3. The molecule has 0 saturated heterocycles. The zero-order valence-corrected chi connectivity index (χ0v) is 22.3. The van der Waals surface area contributed by atoms with Crippen LogP contribution in [0.1, 0.15) is 31.4 Å². The minimum Gasteiger partial charge on any atom is -0.483 e. The maximum Gasteiger partial charge on any atom is 0.261 e. The highest BCUT2D eigenvalue weighted by Gasteiger charge is 2.31. The second kappa shape index (κ2) is 13.3. The van der Waals surface area contributed by atoms with Gasteiger partial charge in [-0.3, -0.25) is 9.59 Å². The quantitative estimate of drug-likeness (QED) is 0.313. The Kier molecular flexibility index (Phi) is 10.2. The van der Waals surface area contributed by atoms with Crippen LogP contribution in [0, 0.1) is 0 Å². The van der Waals surface area contributed by atoms with Gasteiger partial charge in [0.15, 0.2) is 6.61 Å². The van der Waals surface area contributed by atoms with Crippen LogP contribution < -0.4 is 10.1 Å². The molecule has 0 aliphatic heterocycles. The molecule has 0 aliphatic carbocycles. The molecular weight excluding hydrogens is 528 g/mol. The summed E-state index contributed by atoms with van der Waals surface area (Å²) in [4.78, 5) is 28.6. The number of carbonyl (C=O) groups excluding carboxylic acids is 2. The van der Waals surface area contributed by atoms with Crippen molar-refractivity contribution in [3.63, 3.8) is 0 Å². The Morgan fingerprint density at radius 1 is 1.00 bits per heavy atom. The van der Waals surface area contributed by atoms with Gasteiger partial charge < -0.3 is 15.0 Å². The van der Waals surface area contributed by atoms with Gasteiger partial charge in [0.2, 0.25) is 5.91 Å². The third kappa shape index (κ3) is 8.11. The molecule has 3 aromatic carbocycles. The van der Waals surface area contributed by atoms with Crippen LogP contribution in [0.3, 0.4) is 0 Å². The molecule has 5 nitrogen and oxygen atoms in total. The van der Waals surface area contributed by atoms with Crippen LogP contribution >= 0.6 is 27.5 Å². The van der Waals surface area contributed by atoms with E-state index in [1.165, 1.54) is 0 Å². The fourth-order valence-electron chi connectivity index (χ4n) is 3.59. The first-order valence-electron chi connectivity index (χ1n) is 11.6. The summed E-state index contributed by atoms with van der Waals surface area (Å²) in [6, 6.07) is 23.8. The molecule has 0 spiro atoms. The first kappa shape index (κ1) is 26.8. The van der Waals surface area contributed by atoms with Crippen LogP contribution in [-0.2, 0) is 22.6 Å². The van der Waals surface area contributed by atoms with E-state index >= 15 is 0 Å². The highest BCUT2D eigenvalue weighted by molar-refractivity contribution is 9.10. The second-order valence-electron chi connectivity index (χ2n) is 8.39. The van der Waals surface area contributed by atoms with Gasteiger partial charge in [0, 0.05) is 24.0 Å². The highest BCUT2D eigenvalue weighted by atomic mass is 79.9. The number of hydrogen-bond donors (Lipinski definition) is 1. The maximum atomic E-state index is 13.6. The molecule has 0 aromatic heterocycles. The minimum atomic E-state index is -0.698. The standard InChI is InChI=1S/C28H30BrClN2O3/c1-3-20(2)31-28(34)25(16-21-10-6-4-7-11-21)32(18-22-12-8-5-9-13-22)27(33)19-35-26-15-14-23(30)17-24(26)29/h4-15,17,20,25H,3,16,18-19H2,1-2H3,(H,31,34)/t20-,25+/m1/s1. The van der Waals surface area contributed by atoms with Crippen molar-refractivity contribution in [2.24, 2.45) is 0 Å². The van der Waals surface area contributed by atoms with Crippen LogP contribution in [0.25, 0.3) is 0 Å². The van der Waals surface area contributed by atoms with Gasteiger partial charge in [-0.25, -0.2) is 0 Å². The predicted octanol–water partition coefficient (Wildman–Crippen LogP) is 6.04. The molecule has 3 aromatic rings. The molecule has 184 valence electrons. The lowest BCUT2D eigenvalue weighted by Gasteiger charge is -2.32. The van der Waals surface area contributed by atoms with E-state index in [9.17, 15) is 9.59 Å². The van der Waals surface area contributed by atoms with Crippen LogP contribution in [0.2, 0.25) is 5.02 Å². The summed E-state index contributed by atoms with van der Waals surface area (Å²) in [7, 11) is 0. The van der Waals surface area contributed by atoms with Gasteiger partial charge in [-0.05, 0) is 58.6 Å². The lowest BCUT2D eigenvalue weighted by atomic mass is 10.0. The lowest BCUT2D eigenvalue weighted by molar-refractivity contribution is -0.143. The van der Waals surface area contributed by atoms with Gasteiger partial charge in [0.1, 0.15) is 11.8 Å². The fourth-order valence-corrected chi connectivity index (χ4v) is 4.39. The molecule has 0 bridgehead atoms. The number of rotatable bonds is 11. The molecule has 3 rings (SSSR count). The maximum absolute atomic E-state index is 13.6. The molecule has 0 saturated carbocycles. The Balaban J connectivity index is 1.90. The molecule has 7 heteroatoms. The number of halogens is 2. The summed E-state index contributed by atoms with van der Waals surface area (Å²) < 4.78 is 6.48. The fraction of sp³-hybridized carbons (Fsp3) is 0.286. The summed E-state index contributed by atoms with van der Waals surface area (Å²) in [5.74, 6) is 0.0437. The normalized spacial score (nSPS) is 12.5. The van der Waals surface area contributed by atoms with Crippen molar-refractivity contribution in [2.75, 3.05) is 6.61 Å². The first-order valence-corrected chi connectivity index (χ1v) is 12.8. The Bertz CT molecular complexity index is 1110. The van der Waals surface area contributed by atoms with Crippen molar-refractivity contribution in [1.82, 2.24) is 10.2 Å². The highest BCUT2D eigenvalue weighted by Crippen LogP contribution is 2.28. The van der Waals surface area contributed by atoms with Crippen LogP contribution in [-0.4, -0.2) is 35.4 Å². The Morgan fingerprint density at radius 2 is 1.63 bits per heavy atom. The SMILES string of the molecule is CC[C@@H](C)NC(=O)[C@H](Cc1ccccc1)N(Cc1ccccc1)C(=O)COc1ccc(Cl)cc1Br. The molecule has 35 heavy (non-hydrogen) atoms. The molecular formula is C28H30BrClN2O3. The third-order valence-corrected chi connectivity index (χ3v) is 6.57. The summed E-state index contributed by atoms with van der Waals surface area (Å²) in [5, 5.41) is 3.63. The Labute approximate surface area is 220 Å². The van der Waals surface area contributed by atoms with Gasteiger partial charge in [0.25, 0.3) is 5.91 Å². The van der Waals surface area contributed by atoms with Crippen LogP contribution in [0.4, 0.5) is 0 Å². The number of hydrogen-bond acceptors (Lipinski definition) is 3. The smallest absolute Gasteiger partial charge is 0.261 e. The lowest BCUT2D eigenvalue weighted by Crippen LogP contribution is -2.53. The van der Waals surface area contributed by atoms with E-state index in [-0.39, 0.29) is 31.0 Å². The van der Waals surface area contributed by atoms with Crippen molar-refractivity contribution < 1.29 is 14.3 Å². The van der Waals surface area contributed by atoms with Crippen molar-refractivity contribution in [3.05, 3.63) is 99.5 Å². The predicted molar refractivity (Wildman–Crippen MR) is 143 cm³/mol. The van der Waals surface area contributed by atoms with Gasteiger partial charge in [-0.1, -0.05) is 79.2 Å². The van der Waals surface area contributed by atoms with E-state index in [4.69, 9.17) is 16.3 Å². The second-order valence-corrected chi connectivity index (χ2v) is 9.68. The summed E-state index contributed by atoms with van der Waals surface area (Å²) in [6.07, 6.45) is 1.19. The monoisotopic (exact) mass is 556 g/mol. The Hall–Kier alpha value is -2.83. The molecule has 2 atom stereocenters. The molecule has 0 heterocycles. The number of nitrogens with zero attached hydrogens (tertiary/aromatic N) is 1. The largest absolute Gasteiger partial charge is 0.483 e. The average Bonchev–Trinajstić information content (AvgIpc) is 2.86. The molecule has 2 amide bonds. The number of amides is 2. The average molecular weight is 558 g/mol. The van der Waals surface area contributed by atoms with Gasteiger partial charge >= 0.3 is 0 Å². The third-order valence-electron chi connectivity index (χ3n) is 5.71. The van der Waals surface area contributed by atoms with Crippen molar-refractivity contribution in [3.8, 4) is 5.75 Å². The summed E-state index contributed by atoms with van der Waals surface area (Å²) >= 11 is 9.44. The molecule has 1 N–H and O–H groups in total. The topological polar surface area (TPSA) is 58.6 Å². The molecule has 0 unspecified atom stereocenters. The van der Waals surface area contributed by atoms with Crippen molar-refractivity contribution in [1.29, 1.82) is 0 Å². The molecule has 0 aliphatic rings. The van der Waals surface area contributed by atoms with E-state index in [2.05, 4.69) is 21.2 Å². The van der Waals surface area contributed by atoms with E-state index < -0.39 is 6.04 Å². The van der Waals surface area contributed by atoms with E-state index in [0.717, 1.165) is 17.5 Å². The van der Waals surface area contributed by atoms with Crippen LogP contribution in [0.5, 0.6) is 5.75 Å². The summed E-state index contributed by atoms with van der Waals surface area (Å²) in [6.45, 7) is 4.05. The zero-order valence-electron chi connectivity index (χ0n) is 19.9.